The van der Waals surface area contributed by atoms with Crippen molar-refractivity contribution in [2.75, 3.05) is 18.4 Å². The molecule has 1 aliphatic carbocycles. The van der Waals surface area contributed by atoms with Crippen LogP contribution in [0.1, 0.15) is 104 Å². The van der Waals surface area contributed by atoms with Gasteiger partial charge in [0.25, 0.3) is 11.8 Å². The number of hydrogen-bond acceptors (Lipinski definition) is 7. The van der Waals surface area contributed by atoms with Crippen molar-refractivity contribution >= 4 is 45.3 Å². The predicted octanol–water partition coefficient (Wildman–Crippen LogP) is 8.45. The first-order chi connectivity index (χ1) is 23.5. The SMILES string of the molecule is CC(C)[C@@H]1CC[C@@H](C)C[C@H]1OC(=O)n1nc(NC(=O)c2ccc(CN3CCCCC3)cc2)c2cc(C(=O)NC(C)(C)c3ccccc3)sc21. The van der Waals surface area contributed by atoms with Gasteiger partial charge in [-0.25, -0.2) is 4.79 Å². The minimum Gasteiger partial charge on any atom is -0.444 e. The minimum atomic E-state index is -0.639. The largest absolute Gasteiger partial charge is 0.444 e. The molecule has 6 rings (SSSR count). The van der Waals surface area contributed by atoms with Crippen LogP contribution in [0.4, 0.5) is 10.6 Å². The van der Waals surface area contributed by atoms with Gasteiger partial charge in [0.2, 0.25) is 0 Å². The van der Waals surface area contributed by atoms with Crippen molar-refractivity contribution in [2.24, 2.45) is 17.8 Å². The number of aromatic nitrogens is 2. The molecule has 0 bridgehead atoms. The topological polar surface area (TPSA) is 106 Å². The number of nitrogens with zero attached hydrogens (tertiary/aromatic N) is 3. The van der Waals surface area contributed by atoms with Crippen LogP contribution in [-0.2, 0) is 16.8 Å². The van der Waals surface area contributed by atoms with Crippen molar-refractivity contribution in [3.63, 3.8) is 0 Å². The van der Waals surface area contributed by atoms with E-state index in [4.69, 9.17) is 4.74 Å². The predicted molar refractivity (Wildman–Crippen MR) is 195 cm³/mol. The van der Waals surface area contributed by atoms with Gasteiger partial charge in [0, 0.05) is 12.1 Å². The van der Waals surface area contributed by atoms with E-state index in [2.05, 4.69) is 41.4 Å². The number of nitrogens with one attached hydrogen (secondary N) is 2. The van der Waals surface area contributed by atoms with E-state index in [9.17, 15) is 14.4 Å². The van der Waals surface area contributed by atoms with E-state index in [1.807, 2.05) is 68.4 Å². The van der Waals surface area contributed by atoms with Gasteiger partial charge in [-0.05, 0) is 99.7 Å². The molecule has 0 unspecified atom stereocenters. The zero-order chi connectivity index (χ0) is 34.7. The number of thiophene rings is 1. The maximum atomic E-state index is 13.8. The maximum absolute atomic E-state index is 13.8. The second-order valence-corrected chi connectivity index (χ2v) is 15.8. The summed E-state index contributed by atoms with van der Waals surface area (Å²) >= 11 is 1.16. The maximum Gasteiger partial charge on any atom is 0.436 e. The highest BCUT2D eigenvalue weighted by Gasteiger charge is 2.35. The fraction of sp³-hybridized carbons (Fsp3) is 0.487. The number of amides is 2. The molecule has 0 spiro atoms. The average molecular weight is 684 g/mol. The summed E-state index contributed by atoms with van der Waals surface area (Å²) in [6.45, 7) is 13.5. The van der Waals surface area contributed by atoms with Crippen LogP contribution >= 0.6 is 11.3 Å². The number of piperidine rings is 1. The third-order valence-corrected chi connectivity index (χ3v) is 11.3. The lowest BCUT2D eigenvalue weighted by Crippen LogP contribution is -2.40. The lowest BCUT2D eigenvalue weighted by Gasteiger charge is -2.36. The Morgan fingerprint density at radius 2 is 1.69 bits per heavy atom. The molecule has 2 aromatic heterocycles. The van der Waals surface area contributed by atoms with Gasteiger partial charge >= 0.3 is 6.09 Å². The lowest BCUT2D eigenvalue weighted by atomic mass is 9.75. The van der Waals surface area contributed by atoms with Crippen molar-refractivity contribution in [1.29, 1.82) is 0 Å². The first-order valence-corrected chi connectivity index (χ1v) is 18.5. The summed E-state index contributed by atoms with van der Waals surface area (Å²) in [7, 11) is 0. The summed E-state index contributed by atoms with van der Waals surface area (Å²) in [6, 6.07) is 19.1. The zero-order valence-corrected chi connectivity index (χ0v) is 30.1. The highest BCUT2D eigenvalue weighted by molar-refractivity contribution is 7.20. The number of ether oxygens (including phenoxy) is 1. The van der Waals surface area contributed by atoms with Gasteiger partial charge in [-0.1, -0.05) is 76.1 Å². The van der Waals surface area contributed by atoms with Crippen LogP contribution in [0.5, 0.6) is 0 Å². The molecular weight excluding hydrogens is 635 g/mol. The Kier molecular flexibility index (Phi) is 10.6. The van der Waals surface area contributed by atoms with Gasteiger partial charge in [-0.15, -0.1) is 16.4 Å². The third-order valence-electron chi connectivity index (χ3n) is 10.2. The summed E-state index contributed by atoms with van der Waals surface area (Å²) in [5.41, 5.74) is 1.98. The van der Waals surface area contributed by atoms with Gasteiger partial charge in [0.15, 0.2) is 5.82 Å². The standard InChI is InChI=1S/C39H49N5O4S/c1-25(2)30-19-14-26(3)22-32(30)48-38(47)44-37-31(23-33(49-37)36(46)41-39(4,5)29-12-8-6-9-13-29)34(42-44)40-35(45)28-17-15-27(16-18-28)24-43-20-10-7-11-21-43/h6,8-9,12-13,15-18,23,25-26,30,32H,7,10-11,14,19-22,24H2,1-5H3,(H,41,46)(H,40,42,45)/t26-,30+,32-/m1/s1. The van der Waals surface area contributed by atoms with Gasteiger partial charge in [0.1, 0.15) is 10.9 Å². The quantitative estimate of drug-likeness (QED) is 0.183. The number of carbonyl (C=O) groups excluding carboxylic acids is 3. The molecule has 3 atom stereocenters. The molecule has 9 nitrogen and oxygen atoms in total. The van der Waals surface area contributed by atoms with E-state index in [0.29, 0.717) is 32.5 Å². The van der Waals surface area contributed by atoms with Crippen LogP contribution < -0.4 is 10.6 Å². The highest BCUT2D eigenvalue weighted by atomic mass is 32.1. The zero-order valence-electron chi connectivity index (χ0n) is 29.3. The van der Waals surface area contributed by atoms with Gasteiger partial charge in [-0.2, -0.15) is 4.68 Å². The summed E-state index contributed by atoms with van der Waals surface area (Å²) in [5, 5.41) is 11.1. The van der Waals surface area contributed by atoms with E-state index in [0.717, 1.165) is 61.4 Å². The fourth-order valence-corrected chi connectivity index (χ4v) is 8.25. The molecule has 2 fully saturated rings. The first-order valence-electron chi connectivity index (χ1n) is 17.7. The molecular formula is C39H49N5O4S. The molecule has 1 saturated carbocycles. The molecule has 49 heavy (non-hydrogen) atoms. The molecule has 10 heteroatoms. The van der Waals surface area contributed by atoms with E-state index in [1.54, 1.807) is 6.07 Å². The van der Waals surface area contributed by atoms with Gasteiger partial charge in [-0.3, -0.25) is 14.5 Å². The molecule has 260 valence electrons. The highest BCUT2D eigenvalue weighted by Crippen LogP contribution is 2.37. The molecule has 2 N–H and O–H groups in total. The number of rotatable bonds is 9. The normalized spacial score (nSPS) is 20.3. The van der Waals surface area contributed by atoms with Crippen LogP contribution in [0.3, 0.4) is 0 Å². The van der Waals surface area contributed by atoms with Crippen LogP contribution in [0.2, 0.25) is 0 Å². The van der Waals surface area contributed by atoms with Crippen molar-refractivity contribution in [2.45, 2.75) is 91.3 Å². The van der Waals surface area contributed by atoms with Crippen molar-refractivity contribution in [3.8, 4) is 0 Å². The Labute approximate surface area is 293 Å². The fourth-order valence-electron chi connectivity index (χ4n) is 7.25. The summed E-state index contributed by atoms with van der Waals surface area (Å²) < 4.78 is 7.38. The average Bonchev–Trinajstić information content (AvgIpc) is 3.66. The van der Waals surface area contributed by atoms with E-state index < -0.39 is 11.6 Å². The van der Waals surface area contributed by atoms with Crippen LogP contribution in [0, 0.1) is 17.8 Å². The summed E-state index contributed by atoms with van der Waals surface area (Å²) in [6.07, 6.45) is 5.82. The van der Waals surface area contributed by atoms with Crippen molar-refractivity contribution < 1.29 is 19.1 Å². The number of hydrogen-bond donors (Lipinski definition) is 2. The number of anilines is 1. The summed E-state index contributed by atoms with van der Waals surface area (Å²) in [4.78, 5) is 44.3. The lowest BCUT2D eigenvalue weighted by molar-refractivity contribution is 0.00600. The smallest absolute Gasteiger partial charge is 0.436 e. The Bertz CT molecular complexity index is 1770. The van der Waals surface area contributed by atoms with Crippen molar-refractivity contribution in [1.82, 2.24) is 20.0 Å². The molecule has 1 aliphatic heterocycles. The third kappa shape index (κ3) is 8.07. The molecule has 0 radical (unpaired) electrons. The number of fused-ring (bicyclic) bond motifs is 1. The monoisotopic (exact) mass is 683 g/mol. The number of carbonyl (C=O) groups is 3. The van der Waals surface area contributed by atoms with E-state index >= 15 is 0 Å². The Morgan fingerprint density at radius 3 is 2.39 bits per heavy atom. The molecule has 1 saturated heterocycles. The van der Waals surface area contributed by atoms with Crippen LogP contribution in [0.25, 0.3) is 10.2 Å². The van der Waals surface area contributed by atoms with E-state index in [-0.39, 0.29) is 29.7 Å². The Morgan fingerprint density at radius 1 is 0.980 bits per heavy atom. The van der Waals surface area contributed by atoms with Crippen molar-refractivity contribution in [3.05, 3.63) is 82.2 Å². The number of likely N-dealkylation sites (tertiary alicyclic amines) is 1. The second kappa shape index (κ2) is 14.8. The minimum absolute atomic E-state index is 0.212. The van der Waals surface area contributed by atoms with E-state index in [1.165, 1.54) is 23.9 Å². The van der Waals surface area contributed by atoms with Gasteiger partial charge in [0.05, 0.1) is 15.8 Å². The molecule has 3 heterocycles. The van der Waals surface area contributed by atoms with Crippen LogP contribution in [-0.4, -0.2) is 51.8 Å². The second-order valence-electron chi connectivity index (χ2n) is 14.8. The first kappa shape index (κ1) is 34.8. The van der Waals surface area contributed by atoms with Crippen LogP contribution in [0.15, 0.2) is 60.7 Å². The summed E-state index contributed by atoms with van der Waals surface area (Å²) in [5.74, 6) is 0.674. The number of benzene rings is 2. The Hall–Kier alpha value is -4.02. The molecule has 2 amide bonds. The molecule has 2 aromatic carbocycles. The molecule has 2 aliphatic rings. The Balaban J connectivity index is 1.27. The molecule has 4 aromatic rings. The van der Waals surface area contributed by atoms with Gasteiger partial charge < -0.3 is 15.4 Å².